The fraction of sp³-hybridized carbons (Fsp3) is 0.143. The van der Waals surface area contributed by atoms with Gasteiger partial charge in [-0.3, -0.25) is 19.4 Å². The third kappa shape index (κ3) is 5.20. The first-order valence-electron chi connectivity index (χ1n) is 9.21. The number of nitrogens with one attached hydrogen (secondary N) is 3. The Kier molecular flexibility index (Phi) is 6.56. The molecule has 1 heterocycles. The minimum absolute atomic E-state index is 0.00420. The topological polar surface area (TPSA) is 147 Å². The highest BCUT2D eigenvalue weighted by molar-refractivity contribution is 6.31. The Balaban J connectivity index is 1.73. The number of amides is 1. The Morgan fingerprint density at radius 2 is 1.84 bits per heavy atom. The molecule has 1 amide bonds. The molecule has 3 aromatic rings. The fourth-order valence-corrected chi connectivity index (χ4v) is 2.95. The standard InChI is InChI=1S/C21H19ClN4O5/c1-11(24-20(29)17-16(23)19(28)26-21(30)25-17)10-31-15-8-7-13(22)9-14(15)18(27)12-5-3-2-4-6-12/h2-9,11H,10,23H2,1H3,(H,24,29)(H2,25,26,28,30)/t11-/m1/s1. The highest BCUT2D eigenvalue weighted by Crippen LogP contribution is 2.25. The van der Waals surface area contributed by atoms with Crippen LogP contribution in [0, 0.1) is 0 Å². The van der Waals surface area contributed by atoms with Crippen molar-refractivity contribution in [2.75, 3.05) is 12.3 Å². The molecule has 0 aliphatic heterocycles. The van der Waals surface area contributed by atoms with Gasteiger partial charge >= 0.3 is 5.69 Å². The van der Waals surface area contributed by atoms with Crippen LogP contribution in [0.2, 0.25) is 5.02 Å². The molecule has 0 radical (unpaired) electrons. The number of ketones is 1. The van der Waals surface area contributed by atoms with Gasteiger partial charge in [-0.25, -0.2) is 4.79 Å². The molecule has 0 saturated heterocycles. The number of H-pyrrole nitrogens is 2. The summed E-state index contributed by atoms with van der Waals surface area (Å²) in [6.45, 7) is 1.64. The number of carbonyl (C=O) groups excluding carboxylic acids is 2. The molecule has 2 aromatic carbocycles. The average Bonchev–Trinajstić information content (AvgIpc) is 2.75. The number of aromatic amines is 2. The van der Waals surface area contributed by atoms with Crippen molar-refractivity contribution in [2.24, 2.45) is 0 Å². The van der Waals surface area contributed by atoms with E-state index in [1.807, 2.05) is 4.98 Å². The highest BCUT2D eigenvalue weighted by atomic mass is 35.5. The van der Waals surface area contributed by atoms with E-state index in [-0.39, 0.29) is 23.6 Å². The zero-order valence-electron chi connectivity index (χ0n) is 16.4. The number of aromatic nitrogens is 2. The van der Waals surface area contributed by atoms with Gasteiger partial charge in [-0.2, -0.15) is 0 Å². The van der Waals surface area contributed by atoms with Crippen LogP contribution in [0.25, 0.3) is 0 Å². The zero-order chi connectivity index (χ0) is 22.5. The van der Waals surface area contributed by atoms with Gasteiger partial charge in [0.25, 0.3) is 11.5 Å². The van der Waals surface area contributed by atoms with Gasteiger partial charge in [0.2, 0.25) is 0 Å². The molecule has 0 unspecified atom stereocenters. The molecule has 1 aromatic heterocycles. The van der Waals surface area contributed by atoms with Crippen LogP contribution in [0.4, 0.5) is 5.69 Å². The lowest BCUT2D eigenvalue weighted by atomic mass is 10.0. The molecule has 160 valence electrons. The maximum Gasteiger partial charge on any atom is 0.326 e. The van der Waals surface area contributed by atoms with Crippen LogP contribution in [-0.2, 0) is 0 Å². The molecule has 0 spiro atoms. The minimum atomic E-state index is -0.858. The molecule has 9 nitrogen and oxygen atoms in total. The maximum absolute atomic E-state index is 12.8. The molecule has 3 rings (SSSR count). The number of nitrogen functional groups attached to an aromatic ring is 1. The van der Waals surface area contributed by atoms with Crippen molar-refractivity contribution in [3.8, 4) is 5.75 Å². The van der Waals surface area contributed by atoms with E-state index < -0.39 is 28.9 Å². The molecule has 0 fully saturated rings. The summed E-state index contributed by atoms with van der Waals surface area (Å²) < 4.78 is 5.75. The van der Waals surface area contributed by atoms with Crippen LogP contribution in [-0.4, -0.2) is 34.3 Å². The number of ether oxygens (including phenoxy) is 1. The summed E-state index contributed by atoms with van der Waals surface area (Å²) in [5.74, 6) is -0.708. The van der Waals surface area contributed by atoms with E-state index >= 15 is 0 Å². The van der Waals surface area contributed by atoms with E-state index in [4.69, 9.17) is 22.1 Å². The van der Waals surface area contributed by atoms with Gasteiger partial charge in [-0.1, -0.05) is 41.9 Å². The Morgan fingerprint density at radius 3 is 2.55 bits per heavy atom. The van der Waals surface area contributed by atoms with Crippen LogP contribution in [0.15, 0.2) is 58.1 Å². The van der Waals surface area contributed by atoms with Gasteiger partial charge in [0.1, 0.15) is 23.7 Å². The number of hydrogen-bond acceptors (Lipinski definition) is 6. The second kappa shape index (κ2) is 9.31. The first-order valence-corrected chi connectivity index (χ1v) is 9.59. The Bertz CT molecular complexity index is 1240. The molecule has 1 atom stereocenters. The zero-order valence-corrected chi connectivity index (χ0v) is 17.2. The number of benzene rings is 2. The minimum Gasteiger partial charge on any atom is -0.491 e. The van der Waals surface area contributed by atoms with Crippen LogP contribution < -0.4 is 27.0 Å². The van der Waals surface area contributed by atoms with Gasteiger partial charge in [-0.15, -0.1) is 0 Å². The number of halogens is 1. The normalized spacial score (nSPS) is 11.5. The maximum atomic E-state index is 12.8. The Morgan fingerprint density at radius 1 is 1.13 bits per heavy atom. The van der Waals surface area contributed by atoms with E-state index in [1.54, 1.807) is 49.4 Å². The third-order valence-corrected chi connectivity index (χ3v) is 4.53. The first kappa shape index (κ1) is 21.8. The van der Waals surface area contributed by atoms with Gasteiger partial charge in [0.05, 0.1) is 11.6 Å². The lowest BCUT2D eigenvalue weighted by molar-refractivity contribution is 0.0919. The van der Waals surface area contributed by atoms with Crippen molar-refractivity contribution in [2.45, 2.75) is 13.0 Å². The number of hydrogen-bond donors (Lipinski definition) is 4. The monoisotopic (exact) mass is 442 g/mol. The largest absolute Gasteiger partial charge is 0.491 e. The third-order valence-electron chi connectivity index (χ3n) is 4.30. The molecule has 31 heavy (non-hydrogen) atoms. The number of carbonyl (C=O) groups is 2. The number of anilines is 1. The van der Waals surface area contributed by atoms with E-state index in [0.717, 1.165) is 0 Å². The second-order valence-corrected chi connectivity index (χ2v) is 7.15. The van der Waals surface area contributed by atoms with Gasteiger partial charge in [0.15, 0.2) is 5.78 Å². The smallest absolute Gasteiger partial charge is 0.326 e. The van der Waals surface area contributed by atoms with Crippen molar-refractivity contribution in [3.63, 3.8) is 0 Å². The first-order chi connectivity index (χ1) is 14.8. The SMILES string of the molecule is C[C@H](COc1ccc(Cl)cc1C(=O)c1ccccc1)NC(=O)c1[nH]c(=O)[nH]c(=O)c1N. The summed E-state index contributed by atoms with van der Waals surface area (Å²) in [7, 11) is 0. The lowest BCUT2D eigenvalue weighted by Crippen LogP contribution is -2.40. The van der Waals surface area contributed by atoms with Crippen LogP contribution in [0.5, 0.6) is 5.75 Å². The van der Waals surface area contributed by atoms with Crippen molar-refractivity contribution in [1.29, 1.82) is 0 Å². The molecule has 0 aliphatic carbocycles. The Hall–Kier alpha value is -3.85. The fourth-order valence-electron chi connectivity index (χ4n) is 2.78. The summed E-state index contributed by atoms with van der Waals surface area (Å²) in [6, 6.07) is 12.8. The summed E-state index contributed by atoms with van der Waals surface area (Å²) in [5.41, 5.74) is 3.86. The molecule has 5 N–H and O–H groups in total. The highest BCUT2D eigenvalue weighted by Gasteiger charge is 2.19. The van der Waals surface area contributed by atoms with E-state index in [1.165, 1.54) is 6.07 Å². The number of rotatable bonds is 7. The average molecular weight is 443 g/mol. The molecule has 10 heteroatoms. The van der Waals surface area contributed by atoms with Crippen molar-refractivity contribution < 1.29 is 14.3 Å². The summed E-state index contributed by atoms with van der Waals surface area (Å²) in [6.07, 6.45) is 0. The van der Waals surface area contributed by atoms with Crippen molar-refractivity contribution >= 4 is 29.0 Å². The quantitative estimate of drug-likeness (QED) is 0.409. The van der Waals surface area contributed by atoms with Crippen LogP contribution in [0.3, 0.4) is 0 Å². The van der Waals surface area contributed by atoms with Gasteiger partial charge < -0.3 is 20.8 Å². The van der Waals surface area contributed by atoms with Crippen molar-refractivity contribution in [1.82, 2.24) is 15.3 Å². The Labute approximate surface area is 181 Å². The predicted molar refractivity (Wildman–Crippen MR) is 116 cm³/mol. The van der Waals surface area contributed by atoms with E-state index in [9.17, 15) is 19.2 Å². The van der Waals surface area contributed by atoms with Crippen LogP contribution >= 0.6 is 11.6 Å². The van der Waals surface area contributed by atoms with E-state index in [2.05, 4.69) is 10.3 Å². The van der Waals surface area contributed by atoms with E-state index in [0.29, 0.717) is 16.3 Å². The van der Waals surface area contributed by atoms with Gasteiger partial charge in [-0.05, 0) is 25.1 Å². The lowest BCUT2D eigenvalue weighted by Gasteiger charge is -2.17. The summed E-state index contributed by atoms with van der Waals surface area (Å²) in [5, 5.41) is 2.95. The second-order valence-electron chi connectivity index (χ2n) is 6.72. The van der Waals surface area contributed by atoms with Gasteiger partial charge in [0, 0.05) is 10.6 Å². The molecular weight excluding hydrogens is 424 g/mol. The van der Waals surface area contributed by atoms with Crippen molar-refractivity contribution in [3.05, 3.63) is 91.2 Å². The molecule has 0 aliphatic rings. The molecule has 0 saturated carbocycles. The predicted octanol–water partition coefficient (Wildman–Crippen LogP) is 1.73. The van der Waals surface area contributed by atoms with Crippen LogP contribution in [0.1, 0.15) is 33.3 Å². The summed E-state index contributed by atoms with van der Waals surface area (Å²) >= 11 is 6.05. The molecular formula is C21H19ClN4O5. The molecule has 0 bridgehead atoms. The summed E-state index contributed by atoms with van der Waals surface area (Å²) in [4.78, 5) is 52.3. The number of nitrogens with two attached hydrogens (primary N) is 1.